The molecule has 1 atom stereocenters. The second-order valence-electron chi connectivity index (χ2n) is 5.49. The Morgan fingerprint density at radius 1 is 1.14 bits per heavy atom. The Balaban J connectivity index is 1.56. The maximum absolute atomic E-state index is 12.5. The van der Waals surface area contributed by atoms with Gasteiger partial charge in [0.25, 0.3) is 0 Å². The molecule has 1 amide bonds. The van der Waals surface area contributed by atoms with Gasteiger partial charge in [0.15, 0.2) is 0 Å². The molecule has 0 N–H and O–H groups in total. The third kappa shape index (κ3) is 3.43. The fraction of sp³-hybridized carbons (Fsp3) is 0.533. The number of amides is 1. The monoisotopic (exact) mass is 350 g/mol. The van der Waals surface area contributed by atoms with Crippen LogP contribution < -0.4 is 4.90 Å². The molecule has 0 bridgehead atoms. The summed E-state index contributed by atoms with van der Waals surface area (Å²) in [5.74, 6) is 1.24. The molecule has 1 aliphatic carbocycles. The number of nitrogens with zero attached hydrogens (tertiary/aromatic N) is 4. The Kier molecular flexibility index (Phi) is 4.53. The number of anilines is 1. The molecule has 21 heavy (non-hydrogen) atoms. The van der Waals surface area contributed by atoms with E-state index in [0.717, 1.165) is 55.9 Å². The fourth-order valence-electron chi connectivity index (χ4n) is 2.87. The molecule has 1 aromatic rings. The van der Waals surface area contributed by atoms with Crippen LogP contribution in [0.25, 0.3) is 0 Å². The molecule has 3 rings (SSSR count). The molecular formula is C15H19BrN4O. The first-order valence-electron chi connectivity index (χ1n) is 7.40. The summed E-state index contributed by atoms with van der Waals surface area (Å²) < 4.78 is 0.880. The average Bonchev–Trinajstić information content (AvgIpc) is 2.56. The van der Waals surface area contributed by atoms with Crippen LogP contribution in [-0.4, -0.2) is 47.0 Å². The van der Waals surface area contributed by atoms with E-state index in [1.165, 1.54) is 0 Å². The summed E-state index contributed by atoms with van der Waals surface area (Å²) in [6.07, 6.45) is 10.7. The summed E-state index contributed by atoms with van der Waals surface area (Å²) >= 11 is 3.34. The number of halogens is 1. The van der Waals surface area contributed by atoms with Crippen molar-refractivity contribution in [3.8, 4) is 0 Å². The van der Waals surface area contributed by atoms with Crippen LogP contribution in [0.4, 0.5) is 5.95 Å². The molecule has 1 aromatic heterocycles. The quantitative estimate of drug-likeness (QED) is 0.767. The molecule has 0 radical (unpaired) electrons. The average molecular weight is 351 g/mol. The van der Waals surface area contributed by atoms with Gasteiger partial charge in [-0.3, -0.25) is 4.79 Å². The molecule has 5 nitrogen and oxygen atoms in total. The van der Waals surface area contributed by atoms with Crippen LogP contribution in [0, 0.1) is 5.92 Å². The summed E-state index contributed by atoms with van der Waals surface area (Å²) in [6, 6.07) is 0. The van der Waals surface area contributed by atoms with Crippen molar-refractivity contribution < 1.29 is 4.79 Å². The van der Waals surface area contributed by atoms with E-state index in [9.17, 15) is 4.79 Å². The topological polar surface area (TPSA) is 49.3 Å². The van der Waals surface area contributed by atoms with Crippen molar-refractivity contribution in [1.29, 1.82) is 0 Å². The van der Waals surface area contributed by atoms with Crippen LogP contribution in [0.5, 0.6) is 0 Å². The smallest absolute Gasteiger partial charge is 0.226 e. The minimum Gasteiger partial charge on any atom is -0.339 e. The molecule has 0 spiro atoms. The Bertz CT molecular complexity index is 523. The van der Waals surface area contributed by atoms with Crippen molar-refractivity contribution in [3.63, 3.8) is 0 Å². The van der Waals surface area contributed by atoms with Crippen LogP contribution in [0.15, 0.2) is 29.0 Å². The number of aromatic nitrogens is 2. The van der Waals surface area contributed by atoms with E-state index in [0.29, 0.717) is 5.91 Å². The second-order valence-corrected chi connectivity index (χ2v) is 6.41. The molecule has 1 aliphatic heterocycles. The number of hydrogen-bond donors (Lipinski definition) is 0. The van der Waals surface area contributed by atoms with Gasteiger partial charge in [-0.05, 0) is 35.2 Å². The highest BCUT2D eigenvalue weighted by molar-refractivity contribution is 9.10. The third-order valence-electron chi connectivity index (χ3n) is 4.10. The van der Waals surface area contributed by atoms with E-state index in [1.807, 2.05) is 4.90 Å². The zero-order valence-electron chi connectivity index (χ0n) is 11.9. The first-order chi connectivity index (χ1) is 10.2. The number of carbonyl (C=O) groups excluding carboxylic acids is 1. The van der Waals surface area contributed by atoms with Gasteiger partial charge in [0.05, 0.1) is 4.47 Å². The second kappa shape index (κ2) is 6.56. The Labute approximate surface area is 133 Å². The molecule has 112 valence electrons. The zero-order chi connectivity index (χ0) is 14.7. The highest BCUT2D eigenvalue weighted by Gasteiger charge is 2.27. The van der Waals surface area contributed by atoms with Gasteiger partial charge < -0.3 is 9.80 Å². The van der Waals surface area contributed by atoms with Crippen LogP contribution in [-0.2, 0) is 4.79 Å². The van der Waals surface area contributed by atoms with Crippen molar-refractivity contribution in [2.45, 2.75) is 19.3 Å². The minimum absolute atomic E-state index is 0.186. The fourth-order valence-corrected chi connectivity index (χ4v) is 3.08. The number of rotatable bonds is 2. The Hall–Kier alpha value is -1.43. The van der Waals surface area contributed by atoms with Gasteiger partial charge in [-0.15, -0.1) is 0 Å². The van der Waals surface area contributed by atoms with Crippen LogP contribution in [0.1, 0.15) is 19.3 Å². The van der Waals surface area contributed by atoms with Crippen LogP contribution >= 0.6 is 15.9 Å². The van der Waals surface area contributed by atoms with Gasteiger partial charge in [0.2, 0.25) is 11.9 Å². The van der Waals surface area contributed by atoms with Crippen molar-refractivity contribution in [2.75, 3.05) is 31.1 Å². The number of hydrogen-bond acceptors (Lipinski definition) is 4. The molecule has 1 fully saturated rings. The lowest BCUT2D eigenvalue weighted by molar-refractivity contribution is -0.136. The molecule has 2 aliphatic rings. The maximum Gasteiger partial charge on any atom is 0.226 e. The third-order valence-corrected chi connectivity index (χ3v) is 4.51. The zero-order valence-corrected chi connectivity index (χ0v) is 13.5. The molecule has 6 heteroatoms. The molecule has 2 heterocycles. The summed E-state index contributed by atoms with van der Waals surface area (Å²) in [5.41, 5.74) is 0. The van der Waals surface area contributed by atoms with E-state index in [2.05, 4.69) is 42.9 Å². The SMILES string of the molecule is O=C(C1CC=CCC1)N1CCN(c2ncc(Br)cn2)CC1. The molecular weight excluding hydrogens is 332 g/mol. The lowest BCUT2D eigenvalue weighted by atomic mass is 9.93. The van der Waals surface area contributed by atoms with Crippen molar-refractivity contribution in [1.82, 2.24) is 14.9 Å². The van der Waals surface area contributed by atoms with Gasteiger partial charge in [-0.1, -0.05) is 12.2 Å². The predicted molar refractivity (Wildman–Crippen MR) is 85.0 cm³/mol. The highest BCUT2D eigenvalue weighted by Crippen LogP contribution is 2.22. The number of piperazine rings is 1. The van der Waals surface area contributed by atoms with Gasteiger partial charge >= 0.3 is 0 Å². The van der Waals surface area contributed by atoms with E-state index in [4.69, 9.17) is 0 Å². The summed E-state index contributed by atoms with van der Waals surface area (Å²) in [4.78, 5) is 25.2. The van der Waals surface area contributed by atoms with Gasteiger partial charge in [-0.2, -0.15) is 0 Å². The molecule has 0 saturated carbocycles. The number of carbonyl (C=O) groups is 1. The van der Waals surface area contributed by atoms with Crippen molar-refractivity contribution in [3.05, 3.63) is 29.0 Å². The lowest BCUT2D eigenvalue weighted by Gasteiger charge is -2.36. The molecule has 1 unspecified atom stereocenters. The lowest BCUT2D eigenvalue weighted by Crippen LogP contribution is -2.50. The Morgan fingerprint density at radius 2 is 1.86 bits per heavy atom. The molecule has 1 saturated heterocycles. The Morgan fingerprint density at radius 3 is 2.48 bits per heavy atom. The van der Waals surface area contributed by atoms with Gasteiger partial charge in [0, 0.05) is 44.5 Å². The summed E-state index contributed by atoms with van der Waals surface area (Å²) in [7, 11) is 0. The van der Waals surface area contributed by atoms with E-state index in [-0.39, 0.29) is 5.92 Å². The van der Waals surface area contributed by atoms with Crippen molar-refractivity contribution in [2.24, 2.45) is 5.92 Å². The van der Waals surface area contributed by atoms with Crippen molar-refractivity contribution >= 4 is 27.8 Å². The van der Waals surface area contributed by atoms with Crippen LogP contribution in [0.3, 0.4) is 0 Å². The van der Waals surface area contributed by atoms with E-state index < -0.39 is 0 Å². The first kappa shape index (κ1) is 14.5. The highest BCUT2D eigenvalue weighted by atomic mass is 79.9. The first-order valence-corrected chi connectivity index (χ1v) is 8.19. The molecule has 0 aromatic carbocycles. The van der Waals surface area contributed by atoms with Crippen LogP contribution in [0.2, 0.25) is 0 Å². The summed E-state index contributed by atoms with van der Waals surface area (Å²) in [5, 5.41) is 0. The minimum atomic E-state index is 0.186. The summed E-state index contributed by atoms with van der Waals surface area (Å²) in [6.45, 7) is 3.13. The van der Waals surface area contributed by atoms with Gasteiger partial charge in [0.1, 0.15) is 0 Å². The number of allylic oxidation sites excluding steroid dienone is 2. The standard InChI is InChI=1S/C15H19BrN4O/c16-13-10-17-15(18-11-13)20-8-6-19(7-9-20)14(21)12-4-2-1-3-5-12/h1-2,10-12H,3-9H2. The largest absolute Gasteiger partial charge is 0.339 e. The van der Waals surface area contributed by atoms with E-state index in [1.54, 1.807) is 12.4 Å². The van der Waals surface area contributed by atoms with E-state index >= 15 is 0 Å². The maximum atomic E-state index is 12.5. The predicted octanol–water partition coefficient (Wildman–Crippen LogP) is 2.24. The normalized spacial score (nSPS) is 22.4. The van der Waals surface area contributed by atoms with Gasteiger partial charge in [-0.25, -0.2) is 9.97 Å².